The van der Waals surface area contributed by atoms with Crippen molar-refractivity contribution in [3.63, 3.8) is 0 Å². The van der Waals surface area contributed by atoms with Gasteiger partial charge in [0.05, 0.1) is 0 Å². The van der Waals surface area contributed by atoms with Gasteiger partial charge in [-0.1, -0.05) is 213 Å². The molecule has 1 aliphatic heterocycles. The van der Waals surface area contributed by atoms with Crippen LogP contribution in [0.5, 0.6) is 0 Å². The first-order valence-corrected chi connectivity index (χ1v) is 21.0. The molecule has 0 N–H and O–H groups in total. The third kappa shape index (κ3) is 25.5. The number of unbranched alkanes of at least 4 members (excludes halogenated alkanes) is 30. The average molecular weight is 617 g/mol. The van der Waals surface area contributed by atoms with Crippen molar-refractivity contribution in [2.24, 2.45) is 0 Å². The van der Waals surface area contributed by atoms with Crippen LogP contribution in [0.3, 0.4) is 0 Å². The highest BCUT2D eigenvalue weighted by atomic mass is 15.4. The molecule has 262 valence electrons. The van der Waals surface area contributed by atoms with Gasteiger partial charge in [-0.3, -0.25) is 0 Å². The van der Waals surface area contributed by atoms with Gasteiger partial charge in [0.15, 0.2) is 0 Å². The molecule has 0 aromatic carbocycles. The van der Waals surface area contributed by atoms with E-state index in [0.29, 0.717) is 6.17 Å². The summed E-state index contributed by atoms with van der Waals surface area (Å²) in [4.78, 5) is 5.45. The Morgan fingerprint density at radius 1 is 0.295 bits per heavy atom. The van der Waals surface area contributed by atoms with Crippen molar-refractivity contribution in [3.8, 4) is 0 Å². The van der Waals surface area contributed by atoms with E-state index in [-0.39, 0.29) is 0 Å². The molecule has 0 aromatic heterocycles. The van der Waals surface area contributed by atoms with Gasteiger partial charge >= 0.3 is 0 Å². The van der Waals surface area contributed by atoms with E-state index < -0.39 is 0 Å². The summed E-state index contributed by atoms with van der Waals surface area (Å²) in [7, 11) is 0. The molecule has 2 heteroatoms. The molecule has 0 bridgehead atoms. The maximum atomic E-state index is 2.72. The first-order valence-electron chi connectivity index (χ1n) is 21.0. The summed E-state index contributed by atoms with van der Waals surface area (Å²) in [6.07, 6.45) is 54.4. The fourth-order valence-corrected chi connectivity index (χ4v) is 7.25. The number of hydrogen-bond donors (Lipinski definition) is 0. The highest BCUT2D eigenvalue weighted by Gasteiger charge is 2.24. The number of hydrogen-bond acceptors (Lipinski definition) is 2. The van der Waals surface area contributed by atoms with Crippen molar-refractivity contribution >= 4 is 0 Å². The summed E-state index contributed by atoms with van der Waals surface area (Å²) in [5.41, 5.74) is 0. The lowest BCUT2D eigenvalue weighted by Gasteiger charge is -2.33. The quantitative estimate of drug-likeness (QED) is 0.0646. The van der Waals surface area contributed by atoms with Crippen LogP contribution in [0.15, 0.2) is 12.4 Å². The van der Waals surface area contributed by atoms with Crippen molar-refractivity contribution in [2.45, 2.75) is 245 Å². The Hall–Kier alpha value is -0.660. The first kappa shape index (κ1) is 41.4. The van der Waals surface area contributed by atoms with Crippen molar-refractivity contribution in [2.75, 3.05) is 13.1 Å². The highest BCUT2D eigenvalue weighted by molar-refractivity contribution is 4.97. The van der Waals surface area contributed by atoms with Gasteiger partial charge in [0.25, 0.3) is 0 Å². The molecule has 0 radical (unpaired) electrons. The molecule has 0 amide bonds. The molecule has 0 saturated carbocycles. The normalized spacial score (nSPS) is 14.8. The maximum absolute atomic E-state index is 2.72. The molecule has 44 heavy (non-hydrogen) atoms. The topological polar surface area (TPSA) is 6.48 Å². The van der Waals surface area contributed by atoms with Gasteiger partial charge in [0, 0.05) is 25.5 Å². The third-order valence-corrected chi connectivity index (χ3v) is 10.3. The fourth-order valence-electron chi connectivity index (χ4n) is 7.25. The van der Waals surface area contributed by atoms with Crippen LogP contribution < -0.4 is 0 Å². The SMILES string of the molecule is CCCCCCCCCCCCCCN1C=CN(CCCCCCCCCCCCC)C1CCCCCCCCCCCC. The zero-order valence-electron chi connectivity index (χ0n) is 31.1. The van der Waals surface area contributed by atoms with Crippen LogP contribution in [0.4, 0.5) is 0 Å². The van der Waals surface area contributed by atoms with Gasteiger partial charge in [0.2, 0.25) is 0 Å². The van der Waals surface area contributed by atoms with E-state index in [1.54, 1.807) is 0 Å². The molecule has 1 heterocycles. The lowest BCUT2D eigenvalue weighted by atomic mass is 10.0. The summed E-state index contributed by atoms with van der Waals surface area (Å²) < 4.78 is 0. The summed E-state index contributed by atoms with van der Waals surface area (Å²) in [6, 6.07) is 0. The number of rotatable bonds is 36. The van der Waals surface area contributed by atoms with E-state index in [9.17, 15) is 0 Å². The molecule has 1 aliphatic rings. The molecule has 0 aliphatic carbocycles. The van der Waals surface area contributed by atoms with Gasteiger partial charge < -0.3 is 9.80 Å². The van der Waals surface area contributed by atoms with Gasteiger partial charge in [-0.05, 0) is 25.7 Å². The van der Waals surface area contributed by atoms with E-state index in [0.717, 1.165) is 0 Å². The maximum Gasteiger partial charge on any atom is 0.101 e. The fraction of sp³-hybridized carbons (Fsp3) is 0.952. The summed E-state index contributed by atoms with van der Waals surface area (Å²) in [5.74, 6) is 0. The molecule has 1 atom stereocenters. The number of nitrogens with zero attached hydrogens (tertiary/aromatic N) is 2. The van der Waals surface area contributed by atoms with E-state index in [1.807, 2.05) is 0 Å². The van der Waals surface area contributed by atoms with E-state index >= 15 is 0 Å². The van der Waals surface area contributed by atoms with Gasteiger partial charge in [-0.15, -0.1) is 0 Å². The van der Waals surface area contributed by atoms with Crippen LogP contribution in [0, 0.1) is 0 Å². The predicted molar refractivity (Wildman–Crippen MR) is 200 cm³/mol. The largest absolute Gasteiger partial charge is 0.356 e. The van der Waals surface area contributed by atoms with Crippen LogP contribution in [0.25, 0.3) is 0 Å². The van der Waals surface area contributed by atoms with Crippen LogP contribution in [0.1, 0.15) is 239 Å². The zero-order valence-corrected chi connectivity index (χ0v) is 31.1. The molecule has 1 unspecified atom stereocenters. The molecule has 0 saturated heterocycles. The lowest BCUT2D eigenvalue weighted by molar-refractivity contribution is 0.135. The van der Waals surface area contributed by atoms with E-state index in [4.69, 9.17) is 0 Å². The predicted octanol–water partition coefficient (Wildman–Crippen LogP) is 14.7. The summed E-state index contributed by atoms with van der Waals surface area (Å²) in [6.45, 7) is 9.49. The standard InChI is InChI=1S/C42H84N2/c1-4-7-10-13-16-19-22-24-27-30-33-36-39-44-41-40-43(38-35-32-29-26-23-20-17-14-11-8-5-2)42(44)37-34-31-28-25-21-18-15-12-9-6-3/h40-42H,4-39H2,1-3H3. The Bertz CT molecular complexity index is 572. The molecular formula is C42H84N2. The molecule has 2 nitrogen and oxygen atoms in total. The van der Waals surface area contributed by atoms with Crippen LogP contribution >= 0.6 is 0 Å². The molecular weight excluding hydrogens is 532 g/mol. The highest BCUT2D eigenvalue weighted by Crippen LogP contribution is 2.24. The van der Waals surface area contributed by atoms with Crippen molar-refractivity contribution in [1.29, 1.82) is 0 Å². The molecule has 0 spiro atoms. The second-order valence-electron chi connectivity index (χ2n) is 14.6. The van der Waals surface area contributed by atoms with E-state index in [2.05, 4.69) is 43.0 Å². The zero-order chi connectivity index (χ0) is 31.6. The first-order chi connectivity index (χ1) is 21.8. The molecule has 0 aromatic rings. The Kier molecular flexibility index (Phi) is 31.7. The minimum Gasteiger partial charge on any atom is -0.356 e. The lowest BCUT2D eigenvalue weighted by Crippen LogP contribution is -2.39. The van der Waals surface area contributed by atoms with Crippen molar-refractivity contribution in [1.82, 2.24) is 9.80 Å². The Morgan fingerprint density at radius 2 is 0.523 bits per heavy atom. The third-order valence-electron chi connectivity index (χ3n) is 10.3. The average Bonchev–Trinajstić information content (AvgIpc) is 3.42. The van der Waals surface area contributed by atoms with E-state index in [1.165, 1.54) is 231 Å². The Labute approximate surface area is 280 Å². The molecule has 1 rings (SSSR count). The van der Waals surface area contributed by atoms with Crippen molar-refractivity contribution in [3.05, 3.63) is 12.4 Å². The Balaban J connectivity index is 2.22. The van der Waals surface area contributed by atoms with Gasteiger partial charge in [-0.2, -0.15) is 0 Å². The summed E-state index contributed by atoms with van der Waals surface area (Å²) in [5, 5.41) is 0. The smallest absolute Gasteiger partial charge is 0.101 e. The van der Waals surface area contributed by atoms with Crippen LogP contribution in [-0.2, 0) is 0 Å². The second-order valence-corrected chi connectivity index (χ2v) is 14.6. The summed E-state index contributed by atoms with van der Waals surface area (Å²) >= 11 is 0. The second kappa shape index (κ2) is 33.7. The minimum atomic E-state index is 0.639. The van der Waals surface area contributed by atoms with Crippen molar-refractivity contribution < 1.29 is 0 Å². The van der Waals surface area contributed by atoms with Crippen LogP contribution in [-0.4, -0.2) is 29.1 Å². The monoisotopic (exact) mass is 617 g/mol. The van der Waals surface area contributed by atoms with Gasteiger partial charge in [0.1, 0.15) is 6.17 Å². The van der Waals surface area contributed by atoms with Crippen LogP contribution in [0.2, 0.25) is 0 Å². The van der Waals surface area contributed by atoms with Gasteiger partial charge in [-0.25, -0.2) is 0 Å². The molecule has 0 fully saturated rings. The minimum absolute atomic E-state index is 0.639. The Morgan fingerprint density at radius 3 is 0.795 bits per heavy atom.